The van der Waals surface area contributed by atoms with E-state index in [1.54, 1.807) is 12.3 Å². The largest absolute Gasteiger partial charge is 0.467 e. The van der Waals surface area contributed by atoms with Gasteiger partial charge in [0.05, 0.1) is 25.0 Å². The van der Waals surface area contributed by atoms with Crippen LogP contribution in [-0.2, 0) is 11.3 Å². The van der Waals surface area contributed by atoms with Gasteiger partial charge in [0.25, 0.3) is 0 Å². The number of furan rings is 1. The Hall–Kier alpha value is -1.53. The van der Waals surface area contributed by atoms with Gasteiger partial charge in [-0.3, -0.25) is 4.90 Å². The lowest BCUT2D eigenvalue weighted by Gasteiger charge is -2.35. The number of nitrogens with one attached hydrogen (secondary N) is 2. The average Bonchev–Trinajstić information content (AvgIpc) is 2.93. The van der Waals surface area contributed by atoms with Gasteiger partial charge in [-0.1, -0.05) is 0 Å². The Morgan fingerprint density at radius 3 is 2.76 bits per heavy atom. The number of rotatable bonds is 6. The summed E-state index contributed by atoms with van der Waals surface area (Å²) in [6.07, 6.45) is 3.11. The zero-order valence-electron chi connectivity index (χ0n) is 12.8. The van der Waals surface area contributed by atoms with Crippen LogP contribution in [0, 0.1) is 0 Å². The van der Waals surface area contributed by atoms with E-state index in [0.29, 0.717) is 25.3 Å². The van der Waals surface area contributed by atoms with Crippen LogP contribution in [0.2, 0.25) is 0 Å². The number of hydrogen-bond donors (Lipinski definition) is 2. The van der Waals surface area contributed by atoms with E-state index in [1.165, 1.54) is 0 Å². The molecule has 1 aliphatic heterocycles. The maximum atomic E-state index is 11.6. The fourth-order valence-electron chi connectivity index (χ4n) is 2.61. The molecular formula is C15H25N3O3. The third-order valence-corrected chi connectivity index (χ3v) is 3.44. The van der Waals surface area contributed by atoms with E-state index in [0.717, 1.165) is 31.8 Å². The van der Waals surface area contributed by atoms with Crippen molar-refractivity contribution in [2.45, 2.75) is 39.0 Å². The van der Waals surface area contributed by atoms with Crippen LogP contribution in [-0.4, -0.2) is 49.3 Å². The molecule has 118 valence electrons. The van der Waals surface area contributed by atoms with E-state index >= 15 is 0 Å². The van der Waals surface area contributed by atoms with Gasteiger partial charge in [0.2, 0.25) is 0 Å². The van der Waals surface area contributed by atoms with Crippen LogP contribution in [0.3, 0.4) is 0 Å². The lowest BCUT2D eigenvalue weighted by molar-refractivity contribution is -0.0679. The molecule has 0 radical (unpaired) electrons. The third-order valence-electron chi connectivity index (χ3n) is 3.44. The first kappa shape index (κ1) is 15.9. The van der Waals surface area contributed by atoms with E-state index < -0.39 is 0 Å². The van der Waals surface area contributed by atoms with Gasteiger partial charge < -0.3 is 19.8 Å². The number of urea groups is 1. The van der Waals surface area contributed by atoms with Crippen LogP contribution >= 0.6 is 0 Å². The highest BCUT2D eigenvalue weighted by Gasteiger charge is 2.21. The van der Waals surface area contributed by atoms with Crippen LogP contribution in [0.15, 0.2) is 22.8 Å². The van der Waals surface area contributed by atoms with Crippen molar-refractivity contribution in [2.24, 2.45) is 0 Å². The molecule has 0 aliphatic carbocycles. The fraction of sp³-hybridized carbons (Fsp3) is 0.667. The SMILES string of the molecule is CC1CN(CCCNC(=O)NCc2ccco2)CC(C)O1. The lowest BCUT2D eigenvalue weighted by Crippen LogP contribution is -2.46. The molecule has 2 N–H and O–H groups in total. The molecular weight excluding hydrogens is 270 g/mol. The zero-order valence-corrected chi connectivity index (χ0v) is 12.8. The first-order chi connectivity index (χ1) is 10.1. The highest BCUT2D eigenvalue weighted by Crippen LogP contribution is 2.10. The molecule has 1 aromatic rings. The summed E-state index contributed by atoms with van der Waals surface area (Å²) in [5.41, 5.74) is 0. The van der Waals surface area contributed by atoms with Crippen molar-refractivity contribution in [3.05, 3.63) is 24.2 Å². The summed E-state index contributed by atoms with van der Waals surface area (Å²) in [6.45, 7) is 8.20. The van der Waals surface area contributed by atoms with Gasteiger partial charge in [0, 0.05) is 26.2 Å². The van der Waals surface area contributed by atoms with Crippen molar-refractivity contribution < 1.29 is 13.9 Å². The van der Waals surface area contributed by atoms with Crippen molar-refractivity contribution in [2.75, 3.05) is 26.2 Å². The zero-order chi connectivity index (χ0) is 15.1. The van der Waals surface area contributed by atoms with Gasteiger partial charge >= 0.3 is 6.03 Å². The number of nitrogens with zero attached hydrogens (tertiary/aromatic N) is 1. The third kappa shape index (κ3) is 5.77. The number of ether oxygens (including phenoxy) is 1. The number of carbonyl (C=O) groups excluding carboxylic acids is 1. The van der Waals surface area contributed by atoms with E-state index in [2.05, 4.69) is 29.4 Å². The molecule has 1 aromatic heterocycles. The van der Waals surface area contributed by atoms with Gasteiger partial charge in [0.1, 0.15) is 5.76 Å². The Labute approximate surface area is 125 Å². The minimum atomic E-state index is -0.157. The Morgan fingerprint density at radius 2 is 2.10 bits per heavy atom. The summed E-state index contributed by atoms with van der Waals surface area (Å²) in [6, 6.07) is 3.48. The Bertz CT molecular complexity index is 412. The first-order valence-corrected chi connectivity index (χ1v) is 7.55. The number of hydrogen-bond acceptors (Lipinski definition) is 4. The molecule has 0 spiro atoms. The molecule has 1 saturated heterocycles. The van der Waals surface area contributed by atoms with Crippen LogP contribution in [0.1, 0.15) is 26.0 Å². The van der Waals surface area contributed by atoms with E-state index in [-0.39, 0.29) is 6.03 Å². The highest BCUT2D eigenvalue weighted by atomic mass is 16.5. The monoisotopic (exact) mass is 295 g/mol. The predicted molar refractivity (Wildman–Crippen MR) is 80.0 cm³/mol. The second-order valence-electron chi connectivity index (χ2n) is 5.56. The average molecular weight is 295 g/mol. The van der Waals surface area contributed by atoms with Crippen LogP contribution in [0.4, 0.5) is 4.79 Å². The number of carbonyl (C=O) groups is 1. The lowest BCUT2D eigenvalue weighted by atomic mass is 10.2. The van der Waals surface area contributed by atoms with Crippen molar-refractivity contribution in [3.63, 3.8) is 0 Å². The molecule has 2 amide bonds. The van der Waals surface area contributed by atoms with Gasteiger partial charge in [-0.05, 0) is 32.4 Å². The standard InChI is InChI=1S/C15H25N3O3/c1-12-10-18(11-13(2)21-12)7-4-6-16-15(19)17-9-14-5-3-8-20-14/h3,5,8,12-13H,4,6-7,9-11H2,1-2H3,(H2,16,17,19). The van der Waals surface area contributed by atoms with E-state index in [9.17, 15) is 4.79 Å². The highest BCUT2D eigenvalue weighted by molar-refractivity contribution is 5.73. The molecule has 0 bridgehead atoms. The topological polar surface area (TPSA) is 66.7 Å². The summed E-state index contributed by atoms with van der Waals surface area (Å²) >= 11 is 0. The summed E-state index contributed by atoms with van der Waals surface area (Å²) < 4.78 is 10.8. The smallest absolute Gasteiger partial charge is 0.315 e. The summed E-state index contributed by atoms with van der Waals surface area (Å²) in [5.74, 6) is 0.751. The second kappa shape index (κ2) is 8.05. The number of morpholine rings is 1. The summed E-state index contributed by atoms with van der Waals surface area (Å²) in [4.78, 5) is 14.0. The molecule has 0 aromatic carbocycles. The molecule has 2 heterocycles. The Kier molecular flexibility index (Phi) is 6.07. The van der Waals surface area contributed by atoms with Gasteiger partial charge in [-0.2, -0.15) is 0 Å². The van der Waals surface area contributed by atoms with Crippen molar-refractivity contribution in [3.8, 4) is 0 Å². The van der Waals surface area contributed by atoms with Gasteiger partial charge in [0.15, 0.2) is 0 Å². The van der Waals surface area contributed by atoms with Crippen LogP contribution < -0.4 is 10.6 Å². The minimum Gasteiger partial charge on any atom is -0.467 e. The Balaban J connectivity index is 1.53. The van der Waals surface area contributed by atoms with Gasteiger partial charge in [-0.15, -0.1) is 0 Å². The quantitative estimate of drug-likeness (QED) is 0.782. The van der Waals surface area contributed by atoms with Crippen molar-refractivity contribution in [1.29, 1.82) is 0 Å². The van der Waals surface area contributed by atoms with Crippen molar-refractivity contribution >= 4 is 6.03 Å². The molecule has 2 atom stereocenters. The summed E-state index contributed by atoms with van der Waals surface area (Å²) in [5, 5.41) is 5.62. The molecule has 6 nitrogen and oxygen atoms in total. The summed E-state index contributed by atoms with van der Waals surface area (Å²) in [7, 11) is 0. The van der Waals surface area contributed by atoms with Crippen LogP contribution in [0.5, 0.6) is 0 Å². The van der Waals surface area contributed by atoms with Crippen LogP contribution in [0.25, 0.3) is 0 Å². The normalized spacial score (nSPS) is 23.0. The molecule has 2 rings (SSSR count). The van der Waals surface area contributed by atoms with E-state index in [1.807, 2.05) is 6.07 Å². The maximum absolute atomic E-state index is 11.6. The van der Waals surface area contributed by atoms with E-state index in [4.69, 9.17) is 9.15 Å². The number of amides is 2. The first-order valence-electron chi connectivity index (χ1n) is 7.55. The maximum Gasteiger partial charge on any atom is 0.315 e. The molecule has 21 heavy (non-hydrogen) atoms. The van der Waals surface area contributed by atoms with Crippen molar-refractivity contribution in [1.82, 2.24) is 15.5 Å². The fourth-order valence-corrected chi connectivity index (χ4v) is 2.61. The minimum absolute atomic E-state index is 0.157. The molecule has 1 fully saturated rings. The van der Waals surface area contributed by atoms with Gasteiger partial charge in [-0.25, -0.2) is 4.79 Å². The second-order valence-corrected chi connectivity index (χ2v) is 5.56. The molecule has 1 aliphatic rings. The predicted octanol–water partition coefficient (Wildman–Crippen LogP) is 1.58. The Morgan fingerprint density at radius 1 is 1.33 bits per heavy atom. The molecule has 2 unspecified atom stereocenters. The molecule has 6 heteroatoms. The molecule has 0 saturated carbocycles.